The first-order valence-electron chi connectivity index (χ1n) is 5.82. The lowest BCUT2D eigenvalue weighted by Gasteiger charge is -2.01. The van der Waals surface area contributed by atoms with E-state index in [1.54, 1.807) is 18.2 Å². The molecule has 0 spiro atoms. The minimum Gasteiger partial charge on any atom is -0.394 e. The molecule has 100 valence electrons. The quantitative estimate of drug-likeness (QED) is 0.666. The molecule has 0 unspecified atom stereocenters. The number of hydrogen-bond donors (Lipinski definition) is 1. The first kappa shape index (κ1) is 13.7. The van der Waals surface area contributed by atoms with Gasteiger partial charge in [-0.05, 0) is 23.2 Å². The Morgan fingerprint density at radius 1 is 1.42 bits per heavy atom. The van der Waals surface area contributed by atoms with Crippen molar-refractivity contribution >= 4 is 33.5 Å². The number of carbonyl (C=O) groups excluding carboxylic acids is 2. The third-order valence-electron chi connectivity index (χ3n) is 2.79. The molecule has 1 aromatic heterocycles. The lowest BCUT2D eigenvalue weighted by Crippen LogP contribution is -2.10. The molecule has 0 atom stereocenters. The summed E-state index contributed by atoms with van der Waals surface area (Å²) in [6.07, 6.45) is 0.125. The van der Waals surface area contributed by atoms with Crippen LogP contribution in [0.2, 0.25) is 0 Å². The molecule has 0 radical (unpaired) electrons. The zero-order valence-corrected chi connectivity index (χ0v) is 11.1. The highest BCUT2D eigenvalue weighted by Gasteiger charge is 2.15. The van der Waals surface area contributed by atoms with Gasteiger partial charge in [0.25, 0.3) is 0 Å². The molecule has 1 aromatic carbocycles. The highest BCUT2D eigenvalue weighted by atomic mass is 35.5. The molecule has 2 rings (SSSR count). The van der Waals surface area contributed by atoms with E-state index in [0.717, 1.165) is 5.56 Å². The van der Waals surface area contributed by atoms with E-state index < -0.39 is 5.24 Å². The molecule has 6 heteroatoms. The molecule has 1 N–H and O–H groups in total. The summed E-state index contributed by atoms with van der Waals surface area (Å²) in [5.74, 6) is -0.114. The minimum atomic E-state index is -0.444. The molecule has 0 saturated heterocycles. The first-order chi connectivity index (χ1) is 9.02. The van der Waals surface area contributed by atoms with Crippen LogP contribution in [-0.4, -0.2) is 32.5 Å². The van der Waals surface area contributed by atoms with Crippen LogP contribution in [0.1, 0.15) is 23.0 Å². The van der Waals surface area contributed by atoms with Crippen LogP contribution in [-0.2, 0) is 17.8 Å². The maximum Gasteiger partial charge on any atom is 0.226 e. The molecule has 2 aromatic rings. The van der Waals surface area contributed by atoms with Gasteiger partial charge in [-0.3, -0.25) is 14.3 Å². The zero-order chi connectivity index (χ0) is 14.0. The van der Waals surface area contributed by atoms with E-state index in [2.05, 4.69) is 5.10 Å². The molecule has 19 heavy (non-hydrogen) atoms. The number of halogens is 1. The van der Waals surface area contributed by atoms with E-state index in [1.165, 1.54) is 11.6 Å². The summed E-state index contributed by atoms with van der Waals surface area (Å²) in [7, 11) is 0. The summed E-state index contributed by atoms with van der Waals surface area (Å²) in [6, 6.07) is 5.23. The second-order valence-electron chi connectivity index (χ2n) is 4.23. The zero-order valence-electron chi connectivity index (χ0n) is 10.4. The molecule has 0 aliphatic carbocycles. The van der Waals surface area contributed by atoms with E-state index in [9.17, 15) is 9.59 Å². The van der Waals surface area contributed by atoms with Gasteiger partial charge in [0.05, 0.1) is 18.7 Å². The van der Waals surface area contributed by atoms with E-state index in [4.69, 9.17) is 16.7 Å². The van der Waals surface area contributed by atoms with Crippen molar-refractivity contribution in [2.24, 2.45) is 0 Å². The van der Waals surface area contributed by atoms with Gasteiger partial charge in [-0.25, -0.2) is 0 Å². The van der Waals surface area contributed by atoms with Gasteiger partial charge >= 0.3 is 0 Å². The minimum absolute atomic E-state index is 0.0959. The SMILES string of the molecule is CC(=O)c1c2ccc(CC(=O)Cl)cc2nn1CCO. The monoisotopic (exact) mass is 280 g/mol. The van der Waals surface area contributed by atoms with Gasteiger partial charge in [-0.2, -0.15) is 5.10 Å². The number of Topliss-reactive ketones (excluding diaryl/α,β-unsaturated/α-hetero) is 1. The van der Waals surface area contributed by atoms with E-state index in [1.807, 2.05) is 0 Å². The predicted molar refractivity (Wildman–Crippen MR) is 71.4 cm³/mol. The van der Waals surface area contributed by atoms with Crippen molar-refractivity contribution in [2.75, 3.05) is 6.61 Å². The Morgan fingerprint density at radius 2 is 2.16 bits per heavy atom. The predicted octanol–water partition coefficient (Wildman–Crippen LogP) is 1.54. The number of aliphatic hydroxyl groups is 1. The topological polar surface area (TPSA) is 72.2 Å². The normalized spacial score (nSPS) is 10.9. The highest BCUT2D eigenvalue weighted by molar-refractivity contribution is 6.63. The fourth-order valence-electron chi connectivity index (χ4n) is 2.08. The smallest absolute Gasteiger partial charge is 0.226 e. The van der Waals surface area contributed by atoms with Gasteiger partial charge in [0.2, 0.25) is 5.24 Å². The summed E-state index contributed by atoms with van der Waals surface area (Å²) in [5.41, 5.74) is 1.83. The molecule has 5 nitrogen and oxygen atoms in total. The molecular formula is C13H13ClN2O3. The Bertz CT molecular complexity index is 649. The number of benzene rings is 1. The Hall–Kier alpha value is -1.72. The third kappa shape index (κ3) is 2.83. The van der Waals surface area contributed by atoms with Gasteiger partial charge in [0.1, 0.15) is 5.69 Å². The molecule has 0 aliphatic heterocycles. The van der Waals surface area contributed by atoms with Crippen LogP contribution >= 0.6 is 11.6 Å². The molecule has 1 heterocycles. The largest absolute Gasteiger partial charge is 0.394 e. The summed E-state index contributed by atoms with van der Waals surface area (Å²) in [4.78, 5) is 22.5. The van der Waals surface area contributed by atoms with E-state index in [-0.39, 0.29) is 25.4 Å². The van der Waals surface area contributed by atoms with Gasteiger partial charge in [-0.15, -0.1) is 0 Å². The van der Waals surface area contributed by atoms with E-state index >= 15 is 0 Å². The summed E-state index contributed by atoms with van der Waals surface area (Å²) >= 11 is 5.35. The van der Waals surface area contributed by atoms with Crippen LogP contribution < -0.4 is 0 Å². The van der Waals surface area contributed by atoms with Gasteiger partial charge in [0, 0.05) is 18.7 Å². The molecule has 0 bridgehead atoms. The average molecular weight is 281 g/mol. The van der Waals surface area contributed by atoms with E-state index in [0.29, 0.717) is 16.6 Å². The molecule has 0 aliphatic rings. The highest BCUT2D eigenvalue weighted by Crippen LogP contribution is 2.21. The van der Waals surface area contributed by atoms with Crippen LogP contribution in [0.5, 0.6) is 0 Å². The van der Waals surface area contributed by atoms with Crippen molar-refractivity contribution in [3.8, 4) is 0 Å². The molecule has 0 fully saturated rings. The Morgan fingerprint density at radius 3 is 2.74 bits per heavy atom. The average Bonchev–Trinajstić information content (AvgIpc) is 2.65. The van der Waals surface area contributed by atoms with Crippen molar-refractivity contribution in [1.29, 1.82) is 0 Å². The fourth-order valence-corrected chi connectivity index (χ4v) is 2.23. The van der Waals surface area contributed by atoms with Crippen LogP contribution in [0.25, 0.3) is 10.9 Å². The summed E-state index contributed by atoms with van der Waals surface area (Å²) in [6.45, 7) is 1.62. The summed E-state index contributed by atoms with van der Waals surface area (Å²) < 4.78 is 1.49. The maximum atomic E-state index is 11.7. The number of nitrogens with zero attached hydrogens (tertiary/aromatic N) is 2. The number of ketones is 1. The van der Waals surface area contributed by atoms with Crippen molar-refractivity contribution in [3.05, 3.63) is 29.5 Å². The van der Waals surface area contributed by atoms with Gasteiger partial charge in [-0.1, -0.05) is 12.1 Å². The van der Waals surface area contributed by atoms with Gasteiger partial charge < -0.3 is 5.11 Å². The molecular weight excluding hydrogens is 268 g/mol. The number of fused-ring (bicyclic) bond motifs is 1. The van der Waals surface area contributed by atoms with Crippen molar-refractivity contribution < 1.29 is 14.7 Å². The number of rotatable bonds is 5. The van der Waals surface area contributed by atoms with Crippen molar-refractivity contribution in [3.63, 3.8) is 0 Å². The van der Waals surface area contributed by atoms with Crippen molar-refractivity contribution in [2.45, 2.75) is 19.9 Å². The lowest BCUT2D eigenvalue weighted by molar-refractivity contribution is -0.111. The van der Waals surface area contributed by atoms with Crippen molar-refractivity contribution in [1.82, 2.24) is 9.78 Å². The Labute approximate surface area is 114 Å². The third-order valence-corrected chi connectivity index (χ3v) is 2.93. The standard InChI is InChI=1S/C13H13ClN2O3/c1-8(18)13-10-3-2-9(7-12(14)19)6-11(10)15-16(13)4-5-17/h2-3,6,17H,4-5,7H2,1H3. The number of aromatic nitrogens is 2. The van der Waals surface area contributed by atoms with Crippen LogP contribution in [0.3, 0.4) is 0 Å². The molecule has 0 saturated carbocycles. The fraction of sp³-hybridized carbons (Fsp3) is 0.308. The van der Waals surface area contributed by atoms with Crippen LogP contribution in [0, 0.1) is 0 Å². The summed E-state index contributed by atoms with van der Waals surface area (Å²) in [5, 5.41) is 13.5. The number of carbonyl (C=O) groups is 2. The molecule has 0 amide bonds. The Kier molecular flexibility index (Phi) is 3.97. The van der Waals surface area contributed by atoms with Crippen LogP contribution in [0.4, 0.5) is 0 Å². The second kappa shape index (κ2) is 5.50. The van der Waals surface area contributed by atoms with Gasteiger partial charge in [0.15, 0.2) is 5.78 Å². The lowest BCUT2D eigenvalue weighted by atomic mass is 10.1. The Balaban J connectivity index is 2.55. The van der Waals surface area contributed by atoms with Crippen LogP contribution in [0.15, 0.2) is 18.2 Å². The number of aliphatic hydroxyl groups excluding tert-OH is 1. The maximum absolute atomic E-state index is 11.7. The second-order valence-corrected chi connectivity index (χ2v) is 4.66. The first-order valence-corrected chi connectivity index (χ1v) is 6.20. The number of hydrogen-bond acceptors (Lipinski definition) is 4.